The Kier molecular flexibility index (Phi) is 21.9. The molecule has 1 aliphatic carbocycles. The Morgan fingerprint density at radius 3 is 1.98 bits per heavy atom. The van der Waals surface area contributed by atoms with Gasteiger partial charge in [-0.2, -0.15) is 0 Å². The number of hydrogen-bond donors (Lipinski definition) is 7. The molecule has 4 amide bonds. The Hall–Kier alpha value is -2.15. The number of carbonyl (C=O) groups is 5. The summed E-state index contributed by atoms with van der Waals surface area (Å²) in [4.78, 5) is 71.0. The van der Waals surface area contributed by atoms with Crippen LogP contribution in [0.15, 0.2) is 0 Å². The van der Waals surface area contributed by atoms with E-state index in [1.807, 2.05) is 0 Å². The standard InChI is InChI=1S/C26H49N6O11PS/c1-44(38,45)43-21-5-2-19(3-6-21)25(36)32-22(26(37)30-11-13-40-15-17-42-28)7-9-24(35)31-20(18-33)4-8-23(34)29-10-12-39-14-16-41-27/h18-22H,2-17,27-28H2,1H3,(H,29,34)(H,30,37)(H,31,35)(H,32,36)(H,38,45)/t19-,20?,21+,22?,44?. The molecule has 45 heavy (non-hydrogen) atoms. The molecular weight excluding hydrogens is 635 g/mol. The molecule has 0 aromatic rings. The summed E-state index contributed by atoms with van der Waals surface area (Å²) < 4.78 is 27.8. The number of amides is 4. The number of ether oxygens (including phenoxy) is 2. The van der Waals surface area contributed by atoms with Gasteiger partial charge in [0.2, 0.25) is 23.6 Å². The minimum absolute atomic E-state index is 0.00670. The van der Waals surface area contributed by atoms with E-state index in [4.69, 9.17) is 25.8 Å². The van der Waals surface area contributed by atoms with Crippen LogP contribution in [0.25, 0.3) is 0 Å². The van der Waals surface area contributed by atoms with E-state index in [9.17, 15) is 28.5 Å². The average molecular weight is 685 g/mol. The molecule has 1 fully saturated rings. The molecule has 0 aromatic carbocycles. The summed E-state index contributed by atoms with van der Waals surface area (Å²) in [6, 6.07) is -1.94. The van der Waals surface area contributed by atoms with E-state index in [-0.39, 0.29) is 102 Å². The Morgan fingerprint density at radius 2 is 1.42 bits per heavy atom. The highest BCUT2D eigenvalue weighted by molar-refractivity contribution is 8.46. The summed E-state index contributed by atoms with van der Waals surface area (Å²) in [5.74, 6) is 7.76. The molecule has 1 aliphatic rings. The summed E-state index contributed by atoms with van der Waals surface area (Å²) in [6.07, 6.45) is 2.12. The van der Waals surface area contributed by atoms with Crippen LogP contribution in [0.1, 0.15) is 51.4 Å². The predicted molar refractivity (Wildman–Crippen MR) is 166 cm³/mol. The van der Waals surface area contributed by atoms with Gasteiger partial charge in [-0.05, 0) is 38.5 Å². The molecule has 0 saturated heterocycles. The minimum Gasteiger partial charge on any atom is -0.377 e. The number of aldehydes is 1. The van der Waals surface area contributed by atoms with E-state index in [1.165, 1.54) is 6.66 Å². The van der Waals surface area contributed by atoms with E-state index in [0.29, 0.717) is 32.0 Å². The molecule has 260 valence electrons. The molecule has 19 heteroatoms. The number of carbonyl (C=O) groups excluding carboxylic acids is 5. The number of hydrogen-bond acceptors (Lipinski definition) is 13. The van der Waals surface area contributed by atoms with Crippen molar-refractivity contribution < 1.29 is 52.2 Å². The van der Waals surface area contributed by atoms with Crippen LogP contribution in [-0.4, -0.2) is 107 Å². The van der Waals surface area contributed by atoms with Gasteiger partial charge in [-0.25, -0.2) is 11.8 Å². The summed E-state index contributed by atoms with van der Waals surface area (Å²) in [6.45, 7) is 0.244. The third-order valence-electron chi connectivity index (χ3n) is 6.68. The SMILES string of the molecule is CP(=O)(S)O[C@H]1CC[C@@H](C(=O)NC(CCC(=O)NC(C=O)CCC(=O)NCCOCCON)C(=O)NCCOCCON)CC1. The van der Waals surface area contributed by atoms with Gasteiger partial charge in [-0.3, -0.25) is 23.7 Å². The second-order valence-electron chi connectivity index (χ2n) is 10.4. The van der Waals surface area contributed by atoms with Crippen molar-refractivity contribution in [3.8, 4) is 0 Å². The highest BCUT2D eigenvalue weighted by Crippen LogP contribution is 2.50. The van der Waals surface area contributed by atoms with Crippen molar-refractivity contribution >= 4 is 48.7 Å². The van der Waals surface area contributed by atoms with Crippen molar-refractivity contribution in [3.05, 3.63) is 0 Å². The quantitative estimate of drug-likeness (QED) is 0.0203. The number of nitrogens with two attached hydrogens (primary N) is 2. The second-order valence-corrected chi connectivity index (χ2v) is 14.4. The first-order chi connectivity index (χ1) is 21.5. The number of rotatable bonds is 25. The van der Waals surface area contributed by atoms with E-state index < -0.39 is 30.5 Å². The van der Waals surface area contributed by atoms with Gasteiger partial charge in [0.05, 0.1) is 51.8 Å². The highest BCUT2D eigenvalue weighted by atomic mass is 32.7. The fourth-order valence-corrected chi connectivity index (χ4v) is 5.58. The molecule has 0 radical (unpaired) electrons. The average Bonchev–Trinajstić information content (AvgIpc) is 3.00. The fraction of sp³-hybridized carbons (Fsp3) is 0.808. The Bertz CT molecular complexity index is 952. The molecule has 3 unspecified atom stereocenters. The van der Waals surface area contributed by atoms with Crippen molar-refractivity contribution in [2.75, 3.05) is 59.4 Å². The molecule has 0 aromatic heterocycles. The van der Waals surface area contributed by atoms with E-state index in [0.717, 1.165) is 0 Å². The fourth-order valence-electron chi connectivity index (χ4n) is 4.42. The van der Waals surface area contributed by atoms with Crippen LogP contribution in [0.2, 0.25) is 0 Å². The van der Waals surface area contributed by atoms with Crippen LogP contribution in [0, 0.1) is 5.92 Å². The highest BCUT2D eigenvalue weighted by Gasteiger charge is 2.31. The third-order valence-corrected chi connectivity index (χ3v) is 7.65. The maximum absolute atomic E-state index is 13.1. The molecular formula is C26H49N6O11PS. The molecule has 0 bridgehead atoms. The van der Waals surface area contributed by atoms with Gasteiger partial charge in [0, 0.05) is 38.5 Å². The van der Waals surface area contributed by atoms with Crippen LogP contribution < -0.4 is 33.1 Å². The first kappa shape index (κ1) is 40.9. The Morgan fingerprint density at radius 1 is 0.844 bits per heavy atom. The number of nitrogens with one attached hydrogen (secondary N) is 4. The third kappa shape index (κ3) is 20.6. The molecule has 0 heterocycles. The molecule has 0 spiro atoms. The van der Waals surface area contributed by atoms with Crippen LogP contribution in [0.4, 0.5) is 0 Å². The van der Waals surface area contributed by atoms with Gasteiger partial charge < -0.3 is 49.7 Å². The van der Waals surface area contributed by atoms with E-state index in [2.05, 4.69) is 43.2 Å². The lowest BCUT2D eigenvalue weighted by molar-refractivity contribution is -0.133. The lowest BCUT2D eigenvalue weighted by atomic mass is 9.86. The summed E-state index contributed by atoms with van der Waals surface area (Å²) in [5.41, 5.74) is 0. The van der Waals surface area contributed by atoms with Crippen molar-refractivity contribution in [2.24, 2.45) is 17.7 Å². The van der Waals surface area contributed by atoms with Crippen molar-refractivity contribution in [2.45, 2.75) is 69.6 Å². The first-order valence-corrected chi connectivity index (χ1v) is 18.1. The lowest BCUT2D eigenvalue weighted by Crippen LogP contribution is -2.50. The lowest BCUT2D eigenvalue weighted by Gasteiger charge is -2.29. The zero-order valence-corrected chi connectivity index (χ0v) is 27.5. The van der Waals surface area contributed by atoms with Gasteiger partial charge in [-0.1, -0.05) is 12.2 Å². The van der Waals surface area contributed by atoms with Crippen molar-refractivity contribution in [1.29, 1.82) is 0 Å². The Balaban J connectivity index is 2.60. The molecule has 0 aliphatic heterocycles. The topological polar surface area (TPSA) is 249 Å². The van der Waals surface area contributed by atoms with Crippen molar-refractivity contribution in [1.82, 2.24) is 21.3 Å². The summed E-state index contributed by atoms with van der Waals surface area (Å²) >= 11 is 3.97. The van der Waals surface area contributed by atoms with Gasteiger partial charge in [-0.15, -0.1) is 0 Å². The summed E-state index contributed by atoms with van der Waals surface area (Å²) in [7, 11) is 0. The van der Waals surface area contributed by atoms with Crippen LogP contribution in [0.3, 0.4) is 0 Å². The van der Waals surface area contributed by atoms with E-state index >= 15 is 0 Å². The maximum atomic E-state index is 13.1. The Labute approximate surface area is 268 Å². The molecule has 1 rings (SSSR count). The van der Waals surface area contributed by atoms with Gasteiger partial charge in [0.1, 0.15) is 12.3 Å². The zero-order valence-electron chi connectivity index (χ0n) is 25.7. The van der Waals surface area contributed by atoms with Gasteiger partial charge >= 0.3 is 0 Å². The van der Waals surface area contributed by atoms with E-state index in [1.54, 1.807) is 0 Å². The molecule has 17 nitrogen and oxygen atoms in total. The first-order valence-electron chi connectivity index (χ1n) is 14.9. The van der Waals surface area contributed by atoms with Crippen molar-refractivity contribution in [3.63, 3.8) is 0 Å². The maximum Gasteiger partial charge on any atom is 0.252 e. The molecule has 8 N–H and O–H groups in total. The summed E-state index contributed by atoms with van der Waals surface area (Å²) in [5, 5.41) is 10.6. The smallest absolute Gasteiger partial charge is 0.252 e. The van der Waals surface area contributed by atoms with Crippen LogP contribution >= 0.6 is 18.8 Å². The minimum atomic E-state index is -2.96. The predicted octanol–water partition coefficient (Wildman–Crippen LogP) is -0.910. The largest absolute Gasteiger partial charge is 0.377 e. The zero-order chi connectivity index (χ0) is 33.5. The number of thiol groups is 1. The van der Waals surface area contributed by atoms with Gasteiger partial charge in [0.25, 0.3) is 6.57 Å². The monoisotopic (exact) mass is 684 g/mol. The van der Waals surface area contributed by atoms with Crippen LogP contribution in [-0.2, 0) is 52.2 Å². The van der Waals surface area contributed by atoms with Gasteiger partial charge in [0.15, 0.2) is 0 Å². The second kappa shape index (κ2) is 24.1. The molecule has 1 saturated carbocycles. The molecule has 3 atom stereocenters. The normalized spacial score (nSPS) is 19.0. The van der Waals surface area contributed by atoms with Crippen LogP contribution in [0.5, 0.6) is 0 Å².